The lowest BCUT2D eigenvalue weighted by atomic mass is 10.1. The van der Waals surface area contributed by atoms with E-state index in [1.165, 1.54) is 12.8 Å². The molecule has 1 aliphatic carbocycles. The topological polar surface area (TPSA) is 20.2 Å². The summed E-state index contributed by atoms with van der Waals surface area (Å²) in [7, 11) is 0. The lowest BCUT2D eigenvalue weighted by Gasteiger charge is -2.04. The quantitative estimate of drug-likeness (QED) is 0.483. The predicted molar refractivity (Wildman–Crippen MR) is 36.9 cm³/mol. The van der Waals surface area contributed by atoms with Crippen molar-refractivity contribution in [2.45, 2.75) is 38.2 Å². The molecule has 0 aromatic heterocycles. The Hall–Kier alpha value is -0.480. The Labute approximate surface area is 56.1 Å². The molecule has 0 saturated carbocycles. The van der Waals surface area contributed by atoms with E-state index in [9.17, 15) is 0 Å². The second-order valence-corrected chi connectivity index (χ2v) is 2.44. The largest absolute Gasteiger partial charge is 0.380 e. The van der Waals surface area contributed by atoms with Gasteiger partial charge in [0.05, 0.1) is 0 Å². The third-order valence-electron chi connectivity index (χ3n) is 1.55. The van der Waals surface area contributed by atoms with Crippen molar-refractivity contribution >= 4 is 0 Å². The van der Waals surface area contributed by atoms with E-state index in [1.807, 2.05) is 0 Å². The van der Waals surface area contributed by atoms with Crippen LogP contribution in [0.15, 0.2) is 0 Å². The first-order chi connectivity index (χ1) is 4.39. The van der Waals surface area contributed by atoms with Crippen molar-refractivity contribution in [1.29, 1.82) is 0 Å². The van der Waals surface area contributed by atoms with Crippen LogP contribution in [0.25, 0.3) is 0 Å². The molecule has 1 nitrogen and oxygen atoms in total. The number of rotatable bonds is 0. The molecule has 1 heteroatoms. The summed E-state index contributed by atoms with van der Waals surface area (Å²) in [6.07, 6.45) is 5.07. The molecule has 1 aliphatic rings. The van der Waals surface area contributed by atoms with Crippen molar-refractivity contribution in [3.8, 4) is 11.8 Å². The van der Waals surface area contributed by atoms with Gasteiger partial charge in [0.15, 0.2) is 0 Å². The minimum atomic E-state index is -0.342. The van der Waals surface area contributed by atoms with Gasteiger partial charge in [-0.15, -0.1) is 5.92 Å². The van der Waals surface area contributed by atoms with Crippen LogP contribution in [0, 0.1) is 11.8 Å². The van der Waals surface area contributed by atoms with Crippen LogP contribution in [0.3, 0.4) is 0 Å². The SMILES string of the molecule is OC1C#CCCCCC1. The first-order valence-electron chi connectivity index (χ1n) is 3.56. The van der Waals surface area contributed by atoms with Crippen LogP contribution in [0.4, 0.5) is 0 Å². The van der Waals surface area contributed by atoms with Gasteiger partial charge in [-0.05, 0) is 19.3 Å². The van der Waals surface area contributed by atoms with E-state index < -0.39 is 0 Å². The Bertz CT molecular complexity index is 129. The second kappa shape index (κ2) is 3.53. The maximum Gasteiger partial charge on any atom is 0.114 e. The molecule has 1 unspecified atom stereocenters. The monoisotopic (exact) mass is 124 g/mol. The van der Waals surface area contributed by atoms with Crippen molar-refractivity contribution in [2.75, 3.05) is 0 Å². The Morgan fingerprint density at radius 1 is 1.22 bits per heavy atom. The highest BCUT2D eigenvalue weighted by molar-refractivity contribution is 5.05. The van der Waals surface area contributed by atoms with Gasteiger partial charge in [0.1, 0.15) is 6.10 Å². The Kier molecular flexibility index (Phi) is 2.60. The van der Waals surface area contributed by atoms with Crippen LogP contribution in [-0.4, -0.2) is 11.2 Å². The molecule has 0 heterocycles. The molecule has 0 fully saturated rings. The fraction of sp³-hybridized carbons (Fsp3) is 0.750. The minimum absolute atomic E-state index is 0.342. The van der Waals surface area contributed by atoms with Gasteiger partial charge < -0.3 is 5.11 Å². The fourth-order valence-electron chi connectivity index (χ4n) is 0.990. The number of aliphatic hydroxyl groups excluding tert-OH is 1. The van der Waals surface area contributed by atoms with Gasteiger partial charge in [0.25, 0.3) is 0 Å². The van der Waals surface area contributed by atoms with Gasteiger partial charge in [-0.2, -0.15) is 0 Å². The van der Waals surface area contributed by atoms with E-state index in [4.69, 9.17) is 5.11 Å². The highest BCUT2D eigenvalue weighted by atomic mass is 16.3. The molecule has 0 aliphatic heterocycles. The molecular weight excluding hydrogens is 112 g/mol. The first-order valence-corrected chi connectivity index (χ1v) is 3.56. The van der Waals surface area contributed by atoms with Crippen molar-refractivity contribution in [3.63, 3.8) is 0 Å². The molecule has 0 radical (unpaired) electrons. The maximum atomic E-state index is 9.04. The van der Waals surface area contributed by atoms with Gasteiger partial charge in [-0.3, -0.25) is 0 Å². The van der Waals surface area contributed by atoms with Crippen LogP contribution >= 0.6 is 0 Å². The van der Waals surface area contributed by atoms with Crippen LogP contribution in [-0.2, 0) is 0 Å². The molecule has 0 saturated heterocycles. The maximum absolute atomic E-state index is 9.04. The molecule has 0 amide bonds. The molecular formula is C8H12O. The summed E-state index contributed by atoms with van der Waals surface area (Å²) in [4.78, 5) is 0. The van der Waals surface area contributed by atoms with E-state index >= 15 is 0 Å². The third-order valence-corrected chi connectivity index (χ3v) is 1.55. The molecule has 0 aromatic rings. The summed E-state index contributed by atoms with van der Waals surface area (Å²) in [5, 5.41) is 9.04. The van der Waals surface area contributed by atoms with Crippen LogP contribution < -0.4 is 0 Å². The van der Waals surface area contributed by atoms with Crippen LogP contribution in [0.5, 0.6) is 0 Å². The molecule has 0 aromatic carbocycles. The van der Waals surface area contributed by atoms with Crippen molar-refractivity contribution in [2.24, 2.45) is 0 Å². The molecule has 50 valence electrons. The summed E-state index contributed by atoms with van der Waals surface area (Å²) in [5.41, 5.74) is 0. The van der Waals surface area contributed by atoms with Crippen LogP contribution in [0.1, 0.15) is 32.1 Å². The molecule has 9 heavy (non-hydrogen) atoms. The van der Waals surface area contributed by atoms with Crippen molar-refractivity contribution < 1.29 is 5.11 Å². The van der Waals surface area contributed by atoms with Crippen molar-refractivity contribution in [3.05, 3.63) is 0 Å². The van der Waals surface area contributed by atoms with E-state index in [1.54, 1.807) is 0 Å². The summed E-state index contributed by atoms with van der Waals surface area (Å²) >= 11 is 0. The number of hydrogen-bond acceptors (Lipinski definition) is 1. The fourth-order valence-corrected chi connectivity index (χ4v) is 0.990. The average Bonchev–Trinajstić information content (AvgIpc) is 1.79. The van der Waals surface area contributed by atoms with E-state index in [0.717, 1.165) is 19.3 Å². The Morgan fingerprint density at radius 2 is 2.11 bits per heavy atom. The predicted octanol–water partition coefficient (Wildman–Crippen LogP) is 1.31. The molecule has 1 atom stereocenters. The van der Waals surface area contributed by atoms with Crippen molar-refractivity contribution in [1.82, 2.24) is 0 Å². The molecule has 1 rings (SSSR count). The summed E-state index contributed by atoms with van der Waals surface area (Å²) in [5.74, 6) is 5.73. The second-order valence-electron chi connectivity index (χ2n) is 2.44. The van der Waals surface area contributed by atoms with Gasteiger partial charge in [0, 0.05) is 6.42 Å². The minimum Gasteiger partial charge on any atom is -0.380 e. The highest BCUT2D eigenvalue weighted by Crippen LogP contribution is 2.07. The van der Waals surface area contributed by atoms with Gasteiger partial charge >= 0.3 is 0 Å². The Balaban J connectivity index is 2.37. The van der Waals surface area contributed by atoms with E-state index in [0.29, 0.717) is 0 Å². The van der Waals surface area contributed by atoms with Gasteiger partial charge in [-0.1, -0.05) is 12.3 Å². The lowest BCUT2D eigenvalue weighted by Crippen LogP contribution is -2.03. The summed E-state index contributed by atoms with van der Waals surface area (Å²) < 4.78 is 0. The zero-order valence-electron chi connectivity index (χ0n) is 5.56. The highest BCUT2D eigenvalue weighted by Gasteiger charge is 1.99. The molecule has 1 N–H and O–H groups in total. The average molecular weight is 124 g/mol. The Morgan fingerprint density at radius 3 is 3.00 bits per heavy atom. The zero-order valence-corrected chi connectivity index (χ0v) is 5.56. The summed E-state index contributed by atoms with van der Waals surface area (Å²) in [6, 6.07) is 0. The normalized spacial score (nSPS) is 27.4. The van der Waals surface area contributed by atoms with Crippen LogP contribution in [0.2, 0.25) is 0 Å². The lowest BCUT2D eigenvalue weighted by molar-refractivity contribution is 0.216. The standard InChI is InChI=1S/C8H12O/c9-8-6-4-2-1-3-5-7-8/h8-9H,1-4,6H2. The third kappa shape index (κ3) is 2.53. The smallest absolute Gasteiger partial charge is 0.114 e. The molecule has 0 bridgehead atoms. The zero-order chi connectivity index (χ0) is 6.53. The number of aliphatic hydroxyl groups is 1. The van der Waals surface area contributed by atoms with Gasteiger partial charge in [0.2, 0.25) is 0 Å². The van der Waals surface area contributed by atoms with E-state index in [-0.39, 0.29) is 6.10 Å². The van der Waals surface area contributed by atoms with Gasteiger partial charge in [-0.25, -0.2) is 0 Å². The summed E-state index contributed by atoms with van der Waals surface area (Å²) in [6.45, 7) is 0. The molecule has 0 spiro atoms. The first kappa shape index (κ1) is 6.64. The number of hydrogen-bond donors (Lipinski definition) is 1. The van der Waals surface area contributed by atoms with E-state index in [2.05, 4.69) is 11.8 Å².